The fourth-order valence-corrected chi connectivity index (χ4v) is 4.68. The molecule has 29 heavy (non-hydrogen) atoms. The number of nitrogens with one attached hydrogen (secondary N) is 1. The van der Waals surface area contributed by atoms with Crippen molar-refractivity contribution in [2.24, 2.45) is 0 Å². The van der Waals surface area contributed by atoms with Gasteiger partial charge in [-0.25, -0.2) is 8.42 Å². The minimum absolute atomic E-state index is 0.0224. The second-order valence-corrected chi connectivity index (χ2v) is 10.2. The van der Waals surface area contributed by atoms with Crippen LogP contribution in [-0.4, -0.2) is 56.3 Å². The van der Waals surface area contributed by atoms with Crippen LogP contribution in [0.5, 0.6) is 0 Å². The summed E-state index contributed by atoms with van der Waals surface area (Å²) in [7, 11) is -3.52. The quantitative estimate of drug-likeness (QED) is 0.776. The Morgan fingerprint density at radius 1 is 1.07 bits per heavy atom. The van der Waals surface area contributed by atoms with Crippen LogP contribution in [-0.2, 0) is 26.8 Å². The van der Waals surface area contributed by atoms with E-state index in [1.165, 1.54) is 4.31 Å². The van der Waals surface area contributed by atoms with Crippen LogP contribution in [0, 0.1) is 0 Å². The molecule has 158 valence electrons. The summed E-state index contributed by atoms with van der Waals surface area (Å²) in [5.41, 5.74) is 1.08. The van der Waals surface area contributed by atoms with Crippen molar-refractivity contribution in [3.63, 3.8) is 0 Å². The van der Waals surface area contributed by atoms with Gasteiger partial charge in [0.05, 0.1) is 24.2 Å². The van der Waals surface area contributed by atoms with Crippen LogP contribution < -0.4 is 5.32 Å². The number of hydrogen-bond acceptors (Lipinski definition) is 5. The van der Waals surface area contributed by atoms with Crippen molar-refractivity contribution < 1.29 is 17.6 Å². The van der Waals surface area contributed by atoms with E-state index in [2.05, 4.69) is 26.1 Å². The Kier molecular flexibility index (Phi) is 6.45. The van der Waals surface area contributed by atoms with Crippen molar-refractivity contribution in [2.45, 2.75) is 37.6 Å². The van der Waals surface area contributed by atoms with Gasteiger partial charge in [-0.05, 0) is 35.2 Å². The highest BCUT2D eigenvalue weighted by Crippen LogP contribution is 2.25. The zero-order valence-electron chi connectivity index (χ0n) is 17.2. The average molecular weight is 420 g/mol. The van der Waals surface area contributed by atoms with E-state index in [0.29, 0.717) is 43.4 Å². The molecule has 0 spiro atoms. The fourth-order valence-electron chi connectivity index (χ4n) is 3.26. The first-order chi connectivity index (χ1) is 13.7. The molecular formula is C21H29N3O4S. The van der Waals surface area contributed by atoms with Crippen molar-refractivity contribution >= 4 is 15.9 Å². The van der Waals surface area contributed by atoms with Gasteiger partial charge in [-0.1, -0.05) is 32.9 Å². The largest absolute Gasteiger partial charge is 0.467 e. The van der Waals surface area contributed by atoms with Crippen molar-refractivity contribution in [3.8, 4) is 0 Å². The van der Waals surface area contributed by atoms with E-state index in [-0.39, 0.29) is 17.9 Å². The van der Waals surface area contributed by atoms with Gasteiger partial charge in [0.15, 0.2) is 0 Å². The van der Waals surface area contributed by atoms with Crippen molar-refractivity contribution in [3.05, 3.63) is 54.0 Å². The van der Waals surface area contributed by atoms with Crippen molar-refractivity contribution in [1.29, 1.82) is 0 Å². The molecule has 2 aromatic rings. The molecule has 1 aromatic carbocycles. The van der Waals surface area contributed by atoms with Crippen LogP contribution in [0.3, 0.4) is 0 Å². The Hall–Kier alpha value is -2.16. The fraction of sp³-hybridized carbons (Fsp3) is 0.476. The maximum atomic E-state index is 12.9. The van der Waals surface area contributed by atoms with Gasteiger partial charge in [0, 0.05) is 26.2 Å². The van der Waals surface area contributed by atoms with E-state index >= 15 is 0 Å². The Morgan fingerprint density at radius 3 is 2.28 bits per heavy atom. The minimum Gasteiger partial charge on any atom is -0.467 e. The number of carbonyl (C=O) groups is 1. The average Bonchev–Trinajstić information content (AvgIpc) is 3.20. The maximum absolute atomic E-state index is 12.9. The topological polar surface area (TPSA) is 82.9 Å². The predicted octanol–water partition coefficient (Wildman–Crippen LogP) is 2.20. The lowest BCUT2D eigenvalue weighted by molar-refractivity contribution is -0.122. The van der Waals surface area contributed by atoms with Gasteiger partial charge >= 0.3 is 0 Å². The van der Waals surface area contributed by atoms with Crippen LogP contribution in [0.25, 0.3) is 0 Å². The van der Waals surface area contributed by atoms with Crippen LogP contribution in [0.2, 0.25) is 0 Å². The van der Waals surface area contributed by atoms with Gasteiger partial charge in [-0.2, -0.15) is 4.31 Å². The predicted molar refractivity (Wildman–Crippen MR) is 111 cm³/mol. The third-order valence-corrected chi connectivity index (χ3v) is 7.01. The molecule has 1 fully saturated rings. The molecule has 1 aliphatic heterocycles. The van der Waals surface area contributed by atoms with Crippen molar-refractivity contribution in [2.75, 3.05) is 32.7 Å². The van der Waals surface area contributed by atoms with E-state index in [1.54, 1.807) is 30.5 Å². The molecule has 2 heterocycles. The molecule has 0 aliphatic carbocycles. The van der Waals surface area contributed by atoms with Crippen LogP contribution in [0.1, 0.15) is 32.1 Å². The van der Waals surface area contributed by atoms with Gasteiger partial charge in [0.2, 0.25) is 15.9 Å². The third-order valence-electron chi connectivity index (χ3n) is 5.10. The maximum Gasteiger partial charge on any atom is 0.243 e. The lowest BCUT2D eigenvalue weighted by Crippen LogP contribution is -2.50. The number of nitrogens with zero attached hydrogens (tertiary/aromatic N) is 2. The van der Waals surface area contributed by atoms with Gasteiger partial charge < -0.3 is 9.73 Å². The zero-order chi connectivity index (χ0) is 21.1. The molecule has 3 rings (SSSR count). The summed E-state index contributed by atoms with van der Waals surface area (Å²) in [5, 5.41) is 2.81. The highest BCUT2D eigenvalue weighted by Gasteiger charge is 2.29. The lowest BCUT2D eigenvalue weighted by atomic mass is 9.87. The summed E-state index contributed by atoms with van der Waals surface area (Å²) in [6, 6.07) is 10.7. The first kappa shape index (κ1) is 21.5. The summed E-state index contributed by atoms with van der Waals surface area (Å²) in [5.74, 6) is 0.599. The standard InChI is InChI=1S/C21H29N3O4S/c1-21(2,3)17-6-8-19(9-7-17)29(26,27)24-12-10-23(11-13-24)16-20(25)22-15-18-5-4-14-28-18/h4-9,14H,10-13,15-16H2,1-3H3,(H,22,25). The van der Waals surface area contributed by atoms with Gasteiger partial charge in [-0.15, -0.1) is 0 Å². The molecule has 0 unspecified atom stereocenters. The molecule has 1 saturated heterocycles. The molecule has 0 saturated carbocycles. The Morgan fingerprint density at radius 2 is 1.72 bits per heavy atom. The Balaban J connectivity index is 1.52. The molecular weight excluding hydrogens is 390 g/mol. The summed E-state index contributed by atoms with van der Waals surface area (Å²) in [6.07, 6.45) is 1.57. The number of carbonyl (C=O) groups excluding carboxylic acids is 1. The monoisotopic (exact) mass is 419 g/mol. The second kappa shape index (κ2) is 8.69. The molecule has 0 bridgehead atoms. The van der Waals surface area contributed by atoms with E-state index in [1.807, 2.05) is 17.0 Å². The zero-order valence-corrected chi connectivity index (χ0v) is 18.0. The normalized spacial score (nSPS) is 16.7. The number of sulfonamides is 1. The van der Waals surface area contributed by atoms with Gasteiger partial charge in [-0.3, -0.25) is 9.69 Å². The lowest BCUT2D eigenvalue weighted by Gasteiger charge is -2.33. The van der Waals surface area contributed by atoms with E-state index in [0.717, 1.165) is 5.56 Å². The Labute approximate surface area is 172 Å². The number of piperazine rings is 1. The molecule has 1 aliphatic rings. The molecule has 7 nitrogen and oxygen atoms in total. The van der Waals surface area contributed by atoms with E-state index < -0.39 is 10.0 Å². The molecule has 0 radical (unpaired) electrons. The number of benzene rings is 1. The molecule has 1 amide bonds. The SMILES string of the molecule is CC(C)(C)c1ccc(S(=O)(=O)N2CCN(CC(=O)NCc3ccco3)CC2)cc1. The number of hydrogen-bond donors (Lipinski definition) is 1. The first-order valence-corrected chi connectivity index (χ1v) is 11.2. The highest BCUT2D eigenvalue weighted by molar-refractivity contribution is 7.89. The molecule has 0 atom stereocenters. The summed E-state index contributed by atoms with van der Waals surface area (Å²) in [4.78, 5) is 14.4. The van der Waals surface area contributed by atoms with Crippen LogP contribution >= 0.6 is 0 Å². The smallest absolute Gasteiger partial charge is 0.243 e. The summed E-state index contributed by atoms with van der Waals surface area (Å²) >= 11 is 0. The first-order valence-electron chi connectivity index (χ1n) is 9.78. The molecule has 1 N–H and O–H groups in total. The van der Waals surface area contributed by atoms with Crippen molar-refractivity contribution in [1.82, 2.24) is 14.5 Å². The molecule has 1 aromatic heterocycles. The van der Waals surface area contributed by atoms with Gasteiger partial charge in [0.1, 0.15) is 5.76 Å². The van der Waals surface area contributed by atoms with E-state index in [4.69, 9.17) is 4.42 Å². The summed E-state index contributed by atoms with van der Waals surface area (Å²) < 4.78 is 32.5. The summed E-state index contributed by atoms with van der Waals surface area (Å²) in [6.45, 7) is 8.67. The number of furan rings is 1. The number of rotatable bonds is 6. The highest BCUT2D eigenvalue weighted by atomic mass is 32.2. The van der Waals surface area contributed by atoms with E-state index in [9.17, 15) is 13.2 Å². The van der Waals surface area contributed by atoms with Crippen LogP contribution in [0.15, 0.2) is 52.0 Å². The second-order valence-electron chi connectivity index (χ2n) is 8.31. The van der Waals surface area contributed by atoms with Crippen LogP contribution in [0.4, 0.5) is 0 Å². The minimum atomic E-state index is -3.52. The Bertz CT molecular complexity index is 908. The van der Waals surface area contributed by atoms with Gasteiger partial charge in [0.25, 0.3) is 0 Å². The third kappa shape index (κ3) is 5.46. The number of amides is 1. The molecule has 8 heteroatoms.